The van der Waals surface area contributed by atoms with E-state index < -0.39 is 0 Å². The molecule has 0 aliphatic carbocycles. The highest BCUT2D eigenvalue weighted by atomic mass is 35.5. The van der Waals surface area contributed by atoms with E-state index in [1.54, 1.807) is 12.1 Å². The van der Waals surface area contributed by atoms with Gasteiger partial charge in [0.2, 0.25) is 0 Å². The predicted octanol–water partition coefficient (Wildman–Crippen LogP) is 4.39. The molecule has 0 fully saturated rings. The largest absolute Gasteiger partial charge is 0.271 e. The topological polar surface area (TPSA) is 38.0 Å². The zero-order valence-corrected chi connectivity index (χ0v) is 12.3. The van der Waals surface area contributed by atoms with Crippen molar-refractivity contribution in [2.24, 2.45) is 5.84 Å². The van der Waals surface area contributed by atoms with Gasteiger partial charge >= 0.3 is 0 Å². The number of hydrazine groups is 1. The van der Waals surface area contributed by atoms with Crippen LogP contribution in [0.4, 0.5) is 0 Å². The van der Waals surface area contributed by atoms with Crippen molar-refractivity contribution in [1.29, 1.82) is 0 Å². The molecule has 2 aromatic carbocycles. The van der Waals surface area contributed by atoms with Gasteiger partial charge in [-0.2, -0.15) is 0 Å². The number of rotatable bonds is 4. The van der Waals surface area contributed by atoms with Crippen molar-refractivity contribution in [1.82, 2.24) is 5.43 Å². The second-order valence-electron chi connectivity index (χ2n) is 4.18. The highest BCUT2D eigenvalue weighted by molar-refractivity contribution is 6.33. The monoisotopic (exact) mass is 314 g/mol. The average Bonchev–Trinajstić information content (AvgIpc) is 2.41. The zero-order valence-electron chi connectivity index (χ0n) is 10.0. The predicted molar refractivity (Wildman–Crippen MR) is 81.7 cm³/mol. The fraction of sp³-hybridized carbons (Fsp3) is 0.143. The maximum atomic E-state index is 6.18. The van der Waals surface area contributed by atoms with Gasteiger partial charge in [-0.3, -0.25) is 11.3 Å². The van der Waals surface area contributed by atoms with Gasteiger partial charge in [0.1, 0.15) is 0 Å². The third kappa shape index (κ3) is 3.62. The van der Waals surface area contributed by atoms with Crippen LogP contribution in [0.25, 0.3) is 0 Å². The van der Waals surface area contributed by atoms with Gasteiger partial charge < -0.3 is 0 Å². The van der Waals surface area contributed by atoms with Crippen LogP contribution in [0.5, 0.6) is 0 Å². The van der Waals surface area contributed by atoms with Crippen LogP contribution in [0, 0.1) is 0 Å². The van der Waals surface area contributed by atoms with E-state index in [-0.39, 0.29) is 6.04 Å². The lowest BCUT2D eigenvalue weighted by Crippen LogP contribution is -2.29. The van der Waals surface area contributed by atoms with Gasteiger partial charge in [-0.05, 0) is 41.8 Å². The summed E-state index contributed by atoms with van der Waals surface area (Å²) in [5.74, 6) is 5.62. The molecule has 0 aliphatic heterocycles. The molecule has 0 spiro atoms. The fourth-order valence-corrected chi connectivity index (χ4v) is 2.59. The van der Waals surface area contributed by atoms with Crippen LogP contribution in [0.15, 0.2) is 42.5 Å². The Labute approximate surface area is 127 Å². The van der Waals surface area contributed by atoms with Gasteiger partial charge in [0.15, 0.2) is 0 Å². The maximum absolute atomic E-state index is 6.18. The van der Waals surface area contributed by atoms with E-state index >= 15 is 0 Å². The molecule has 0 aliphatic rings. The molecule has 2 aromatic rings. The van der Waals surface area contributed by atoms with Crippen LogP contribution in [0.2, 0.25) is 15.1 Å². The molecular weight excluding hydrogens is 303 g/mol. The van der Waals surface area contributed by atoms with E-state index in [9.17, 15) is 0 Å². The Morgan fingerprint density at radius 2 is 1.74 bits per heavy atom. The number of nitrogens with one attached hydrogen (secondary N) is 1. The lowest BCUT2D eigenvalue weighted by Gasteiger charge is -2.18. The third-order valence-corrected chi connectivity index (χ3v) is 3.86. The first kappa shape index (κ1) is 14.6. The Morgan fingerprint density at radius 3 is 2.42 bits per heavy atom. The lowest BCUT2D eigenvalue weighted by atomic mass is 9.99. The molecule has 0 aromatic heterocycles. The van der Waals surface area contributed by atoms with E-state index in [1.165, 1.54) is 0 Å². The highest BCUT2D eigenvalue weighted by Gasteiger charge is 2.15. The minimum absolute atomic E-state index is 0.121. The van der Waals surface area contributed by atoms with E-state index in [1.807, 2.05) is 30.3 Å². The van der Waals surface area contributed by atoms with Crippen LogP contribution in [-0.2, 0) is 6.42 Å². The first-order valence-corrected chi connectivity index (χ1v) is 6.89. The molecule has 0 amide bonds. The minimum atomic E-state index is -0.121. The Morgan fingerprint density at radius 1 is 1.00 bits per heavy atom. The SMILES string of the molecule is NNC(Cc1cc(Cl)ccc1Cl)c1ccccc1Cl. The number of halogens is 3. The summed E-state index contributed by atoms with van der Waals surface area (Å²) in [5.41, 5.74) is 4.63. The third-order valence-electron chi connectivity index (χ3n) is 2.91. The van der Waals surface area contributed by atoms with Gasteiger partial charge in [0, 0.05) is 15.1 Å². The summed E-state index contributed by atoms with van der Waals surface area (Å²) in [5, 5.41) is 1.98. The van der Waals surface area contributed by atoms with Gasteiger partial charge in [0.25, 0.3) is 0 Å². The quantitative estimate of drug-likeness (QED) is 0.648. The van der Waals surface area contributed by atoms with Gasteiger partial charge in [0.05, 0.1) is 6.04 Å². The second kappa shape index (κ2) is 6.60. The molecule has 1 unspecified atom stereocenters. The van der Waals surface area contributed by atoms with Crippen LogP contribution in [0.3, 0.4) is 0 Å². The minimum Gasteiger partial charge on any atom is -0.271 e. The number of benzene rings is 2. The summed E-state index contributed by atoms with van der Waals surface area (Å²) < 4.78 is 0. The molecule has 5 heteroatoms. The zero-order chi connectivity index (χ0) is 13.8. The van der Waals surface area contributed by atoms with E-state index in [2.05, 4.69) is 5.43 Å². The normalized spacial score (nSPS) is 12.4. The van der Waals surface area contributed by atoms with Gasteiger partial charge in [-0.1, -0.05) is 53.0 Å². The van der Waals surface area contributed by atoms with Crippen molar-refractivity contribution >= 4 is 34.8 Å². The molecule has 0 bridgehead atoms. The van der Waals surface area contributed by atoms with Gasteiger partial charge in [-0.25, -0.2) is 0 Å². The highest BCUT2D eigenvalue weighted by Crippen LogP contribution is 2.29. The van der Waals surface area contributed by atoms with Crippen LogP contribution < -0.4 is 11.3 Å². The van der Waals surface area contributed by atoms with E-state index in [0.717, 1.165) is 11.1 Å². The molecular formula is C14H13Cl3N2. The van der Waals surface area contributed by atoms with Crippen molar-refractivity contribution in [3.05, 3.63) is 68.7 Å². The molecule has 0 heterocycles. The molecule has 3 N–H and O–H groups in total. The van der Waals surface area contributed by atoms with Crippen molar-refractivity contribution < 1.29 is 0 Å². The number of hydrogen-bond acceptors (Lipinski definition) is 2. The first-order chi connectivity index (χ1) is 9.11. The summed E-state index contributed by atoms with van der Waals surface area (Å²) in [6.45, 7) is 0. The number of nitrogens with two attached hydrogens (primary N) is 1. The van der Waals surface area contributed by atoms with Gasteiger partial charge in [-0.15, -0.1) is 0 Å². The number of hydrogen-bond donors (Lipinski definition) is 2. The summed E-state index contributed by atoms with van der Waals surface area (Å²) in [7, 11) is 0. The Kier molecular flexibility index (Phi) is 5.08. The molecule has 0 saturated carbocycles. The average molecular weight is 316 g/mol. The fourth-order valence-electron chi connectivity index (χ4n) is 1.94. The second-order valence-corrected chi connectivity index (χ2v) is 5.43. The summed E-state index contributed by atoms with van der Waals surface area (Å²) in [4.78, 5) is 0. The Bertz CT molecular complexity index is 572. The summed E-state index contributed by atoms with van der Waals surface area (Å²) >= 11 is 18.3. The summed E-state index contributed by atoms with van der Waals surface area (Å²) in [6.07, 6.45) is 0.611. The molecule has 1 atom stereocenters. The maximum Gasteiger partial charge on any atom is 0.0515 e. The van der Waals surface area contributed by atoms with E-state index in [4.69, 9.17) is 40.6 Å². The van der Waals surface area contributed by atoms with Crippen LogP contribution in [-0.4, -0.2) is 0 Å². The molecule has 0 radical (unpaired) electrons. The smallest absolute Gasteiger partial charge is 0.0515 e. The molecule has 2 rings (SSSR count). The van der Waals surface area contributed by atoms with Crippen molar-refractivity contribution in [3.8, 4) is 0 Å². The van der Waals surface area contributed by atoms with Crippen molar-refractivity contribution in [2.45, 2.75) is 12.5 Å². The molecule has 0 saturated heterocycles. The van der Waals surface area contributed by atoms with Crippen LogP contribution >= 0.6 is 34.8 Å². The first-order valence-electron chi connectivity index (χ1n) is 5.76. The van der Waals surface area contributed by atoms with E-state index in [0.29, 0.717) is 21.5 Å². The molecule has 100 valence electrons. The van der Waals surface area contributed by atoms with Crippen molar-refractivity contribution in [3.63, 3.8) is 0 Å². The summed E-state index contributed by atoms with van der Waals surface area (Å²) in [6, 6.07) is 12.8. The lowest BCUT2D eigenvalue weighted by molar-refractivity contribution is 0.552. The Balaban J connectivity index is 2.29. The van der Waals surface area contributed by atoms with Crippen molar-refractivity contribution in [2.75, 3.05) is 0 Å². The molecule has 19 heavy (non-hydrogen) atoms. The van der Waals surface area contributed by atoms with Crippen LogP contribution in [0.1, 0.15) is 17.2 Å². The standard InChI is InChI=1S/C14H13Cl3N2/c15-10-5-6-12(16)9(7-10)8-14(19-18)11-3-1-2-4-13(11)17/h1-7,14,19H,8,18H2. The Hall–Kier alpha value is -0.770. The molecule has 2 nitrogen and oxygen atoms in total.